The van der Waals surface area contributed by atoms with Crippen LogP contribution in [0.1, 0.15) is 221 Å². The highest BCUT2D eigenvalue weighted by Gasteiger charge is 2.40. The largest absolute Gasteiger partial charge is 0.394 e. The molecule has 298 valence electrons. The molecular weight excluding hydrogens is 647 g/mol. The molecule has 0 saturated heterocycles. The SMILES string of the molecule is CCCCCCCCCCSC(CC)(CCCCCC)OC(CC)(CCCCCC)SCCCCCCCCCC.NC(CO)(CO)CO. The van der Waals surface area contributed by atoms with Gasteiger partial charge in [0.1, 0.15) is 9.87 Å². The highest BCUT2D eigenvalue weighted by atomic mass is 32.2. The van der Waals surface area contributed by atoms with E-state index >= 15 is 0 Å². The van der Waals surface area contributed by atoms with Crippen molar-refractivity contribution in [3.63, 3.8) is 0 Å². The van der Waals surface area contributed by atoms with Gasteiger partial charge in [0.05, 0.1) is 25.4 Å². The van der Waals surface area contributed by atoms with Crippen molar-refractivity contribution in [1.29, 1.82) is 0 Å². The lowest BCUT2D eigenvalue weighted by molar-refractivity contribution is -0.0700. The first kappa shape index (κ1) is 51.6. The van der Waals surface area contributed by atoms with E-state index in [1.54, 1.807) is 0 Å². The van der Waals surface area contributed by atoms with Gasteiger partial charge in [-0.05, 0) is 62.9 Å². The zero-order chi connectivity index (χ0) is 37.0. The smallest absolute Gasteiger partial charge is 0.115 e. The Kier molecular flexibility index (Phi) is 38.8. The topological polar surface area (TPSA) is 95.9 Å². The molecule has 0 aromatic heterocycles. The summed E-state index contributed by atoms with van der Waals surface area (Å²) in [5.41, 5.74) is 3.94. The molecule has 49 heavy (non-hydrogen) atoms. The van der Waals surface area contributed by atoms with Crippen LogP contribution in [0.2, 0.25) is 0 Å². The molecule has 0 rings (SSSR count). The fourth-order valence-electron chi connectivity index (χ4n) is 6.13. The summed E-state index contributed by atoms with van der Waals surface area (Å²) in [5.74, 6) is 2.55. The lowest BCUT2D eigenvalue weighted by Gasteiger charge is -2.43. The van der Waals surface area contributed by atoms with Gasteiger partial charge in [0.25, 0.3) is 0 Å². The molecule has 2 atom stereocenters. The van der Waals surface area contributed by atoms with Gasteiger partial charge in [-0.15, -0.1) is 23.5 Å². The molecule has 0 saturated carbocycles. The average Bonchev–Trinajstić information content (AvgIpc) is 3.13. The summed E-state index contributed by atoms with van der Waals surface area (Å²) in [6, 6.07) is 0. The van der Waals surface area contributed by atoms with Crippen molar-refractivity contribution >= 4 is 23.5 Å². The predicted octanol–water partition coefficient (Wildman–Crippen LogP) is 12.6. The van der Waals surface area contributed by atoms with E-state index in [-0.39, 0.29) is 9.87 Å². The number of thioether (sulfide) groups is 2. The van der Waals surface area contributed by atoms with E-state index in [0.717, 1.165) is 12.8 Å². The van der Waals surface area contributed by atoms with E-state index in [9.17, 15) is 0 Å². The third-order valence-corrected chi connectivity index (χ3v) is 13.1. The summed E-state index contributed by atoms with van der Waals surface area (Å²) < 4.78 is 7.55. The second-order valence-electron chi connectivity index (χ2n) is 14.7. The summed E-state index contributed by atoms with van der Waals surface area (Å²) in [6.45, 7) is 12.9. The molecule has 0 spiro atoms. The fraction of sp³-hybridized carbons (Fsp3) is 1.00. The van der Waals surface area contributed by atoms with E-state index in [2.05, 4.69) is 65.1 Å². The second-order valence-corrected chi connectivity index (χ2v) is 17.6. The van der Waals surface area contributed by atoms with Crippen molar-refractivity contribution < 1.29 is 20.1 Å². The molecule has 0 radical (unpaired) electrons. The maximum Gasteiger partial charge on any atom is 0.115 e. The van der Waals surface area contributed by atoms with Crippen molar-refractivity contribution in [2.45, 2.75) is 237 Å². The first-order valence-corrected chi connectivity index (χ1v) is 23.3. The first-order chi connectivity index (χ1) is 23.8. The third kappa shape index (κ3) is 29.6. The summed E-state index contributed by atoms with van der Waals surface area (Å²) in [6.07, 6.45) is 38.0. The van der Waals surface area contributed by atoms with Gasteiger partial charge in [0, 0.05) is 0 Å². The molecule has 0 fully saturated rings. The van der Waals surface area contributed by atoms with Crippen LogP contribution in [-0.2, 0) is 4.74 Å². The van der Waals surface area contributed by atoms with Crippen LogP contribution in [0.3, 0.4) is 0 Å². The fourth-order valence-corrected chi connectivity index (χ4v) is 9.04. The van der Waals surface area contributed by atoms with Crippen LogP contribution in [0, 0.1) is 0 Å². The molecule has 0 aromatic rings. The van der Waals surface area contributed by atoms with Gasteiger partial charge in [-0.3, -0.25) is 0 Å². The van der Waals surface area contributed by atoms with Gasteiger partial charge in [-0.25, -0.2) is 0 Å². The van der Waals surface area contributed by atoms with Crippen LogP contribution in [0.25, 0.3) is 0 Å². The monoisotopic (exact) mass is 736 g/mol. The maximum absolute atomic E-state index is 8.34. The van der Waals surface area contributed by atoms with Gasteiger partial charge in [-0.2, -0.15) is 0 Å². The van der Waals surface area contributed by atoms with Gasteiger partial charge in [0.2, 0.25) is 0 Å². The lowest BCUT2D eigenvalue weighted by Crippen LogP contribution is -2.50. The third-order valence-electron chi connectivity index (χ3n) is 9.94. The molecule has 0 heterocycles. The summed E-state index contributed by atoms with van der Waals surface area (Å²) in [7, 11) is 0. The Morgan fingerprint density at radius 1 is 0.408 bits per heavy atom. The van der Waals surface area contributed by atoms with Crippen molar-refractivity contribution in [2.24, 2.45) is 5.73 Å². The number of aliphatic hydroxyl groups excluding tert-OH is 3. The number of aliphatic hydroxyl groups is 3. The van der Waals surface area contributed by atoms with Gasteiger partial charge in [-0.1, -0.05) is 170 Å². The van der Waals surface area contributed by atoms with Gasteiger partial charge >= 0.3 is 0 Å². The van der Waals surface area contributed by atoms with E-state index in [4.69, 9.17) is 25.8 Å². The minimum atomic E-state index is -1.21. The average molecular weight is 736 g/mol. The van der Waals surface area contributed by atoms with E-state index < -0.39 is 25.4 Å². The first-order valence-electron chi connectivity index (χ1n) is 21.3. The van der Waals surface area contributed by atoms with Gasteiger partial charge in [0.15, 0.2) is 0 Å². The Morgan fingerprint density at radius 3 is 0.918 bits per heavy atom. The molecule has 0 aliphatic rings. The molecule has 5 N–H and O–H groups in total. The zero-order valence-corrected chi connectivity index (χ0v) is 35.6. The molecule has 5 nitrogen and oxygen atoms in total. The maximum atomic E-state index is 8.34. The zero-order valence-electron chi connectivity index (χ0n) is 34.0. The number of hydrogen-bond acceptors (Lipinski definition) is 7. The van der Waals surface area contributed by atoms with Crippen LogP contribution >= 0.6 is 23.5 Å². The Balaban J connectivity index is 0. The van der Waals surface area contributed by atoms with Gasteiger partial charge < -0.3 is 25.8 Å². The van der Waals surface area contributed by atoms with Crippen LogP contribution in [-0.4, -0.2) is 62.1 Å². The quantitative estimate of drug-likeness (QED) is 0.0372. The number of rotatable bonds is 37. The van der Waals surface area contributed by atoms with Crippen LogP contribution in [0.5, 0.6) is 0 Å². The summed E-state index contributed by atoms with van der Waals surface area (Å²) >= 11 is 4.41. The van der Waals surface area contributed by atoms with Crippen molar-refractivity contribution in [3.05, 3.63) is 0 Å². The van der Waals surface area contributed by atoms with Crippen molar-refractivity contribution in [1.82, 2.24) is 0 Å². The number of ether oxygens (including phenoxy) is 1. The normalized spacial score (nSPS) is 14.3. The van der Waals surface area contributed by atoms with Crippen molar-refractivity contribution in [2.75, 3.05) is 31.3 Å². The van der Waals surface area contributed by atoms with E-state index in [1.165, 1.54) is 178 Å². The number of nitrogens with two attached hydrogens (primary N) is 1. The second kappa shape index (κ2) is 36.8. The molecule has 0 bridgehead atoms. The summed E-state index contributed by atoms with van der Waals surface area (Å²) in [5, 5.41) is 25.0. The number of hydrogen-bond donors (Lipinski definition) is 4. The molecule has 2 unspecified atom stereocenters. The minimum Gasteiger partial charge on any atom is -0.394 e. The van der Waals surface area contributed by atoms with Crippen LogP contribution in [0.4, 0.5) is 0 Å². The predicted molar refractivity (Wildman–Crippen MR) is 223 cm³/mol. The highest BCUT2D eigenvalue weighted by Crippen LogP contribution is 2.47. The van der Waals surface area contributed by atoms with E-state index in [1.807, 2.05) is 0 Å². The highest BCUT2D eigenvalue weighted by molar-refractivity contribution is 8.01. The standard InChI is InChI=1S/C38H78OS2.C4H11NO3/c1-7-13-17-21-23-25-27-31-35-40-37(11-5,33-29-19-15-9-3)39-38(12-6,34-30-20-16-10-4)41-36-32-28-26-24-22-18-14-8-2;5-4(1-6,2-7)3-8/h7-36H2,1-6H3;6-8H,1-3,5H2. The molecule has 0 aromatic carbocycles. The van der Waals surface area contributed by atoms with Crippen LogP contribution < -0.4 is 5.73 Å². The number of unbranched alkanes of at least 4 members (excludes halogenated alkanes) is 20. The Labute approximate surface area is 316 Å². The minimum absolute atomic E-state index is 0.00190. The molecule has 0 aliphatic carbocycles. The summed E-state index contributed by atoms with van der Waals surface area (Å²) in [4.78, 5) is 0.00379. The Morgan fingerprint density at radius 2 is 0.673 bits per heavy atom. The Hall–Kier alpha value is 0.500. The Bertz CT molecular complexity index is 602. The molecule has 0 aliphatic heterocycles. The lowest BCUT2D eigenvalue weighted by atomic mass is 10.0. The van der Waals surface area contributed by atoms with Crippen LogP contribution in [0.15, 0.2) is 0 Å². The molecule has 0 amide bonds. The molecular formula is C42H89NO4S2. The van der Waals surface area contributed by atoms with Crippen molar-refractivity contribution in [3.8, 4) is 0 Å². The molecule has 7 heteroatoms. The van der Waals surface area contributed by atoms with E-state index in [0.29, 0.717) is 0 Å².